The number of anilines is 2. The van der Waals surface area contributed by atoms with E-state index in [0.717, 1.165) is 0 Å². The molecular formula is C23H24FN3O6. The first kappa shape index (κ1) is 22.4. The van der Waals surface area contributed by atoms with Crippen LogP contribution >= 0.6 is 0 Å². The Morgan fingerprint density at radius 1 is 1.24 bits per heavy atom. The maximum Gasteiger partial charge on any atom is 0.262 e. The zero-order valence-corrected chi connectivity index (χ0v) is 18.4. The van der Waals surface area contributed by atoms with Crippen molar-refractivity contribution in [1.82, 2.24) is 5.32 Å². The van der Waals surface area contributed by atoms with Crippen molar-refractivity contribution in [2.24, 2.45) is 0 Å². The van der Waals surface area contributed by atoms with Crippen molar-refractivity contribution in [2.75, 3.05) is 30.5 Å². The van der Waals surface area contributed by atoms with Crippen LogP contribution in [-0.2, 0) is 9.59 Å². The second kappa shape index (κ2) is 8.97. The van der Waals surface area contributed by atoms with Crippen molar-refractivity contribution in [3.8, 4) is 17.2 Å². The fourth-order valence-electron chi connectivity index (χ4n) is 3.73. The van der Waals surface area contributed by atoms with Crippen molar-refractivity contribution in [3.63, 3.8) is 0 Å². The molecule has 0 spiro atoms. The fraction of sp³-hybridized carbons (Fsp3) is 0.348. The van der Waals surface area contributed by atoms with Crippen molar-refractivity contribution < 1.29 is 33.0 Å². The predicted molar refractivity (Wildman–Crippen MR) is 118 cm³/mol. The van der Waals surface area contributed by atoms with Crippen LogP contribution in [0.5, 0.6) is 17.2 Å². The van der Waals surface area contributed by atoms with E-state index in [1.807, 2.05) is 0 Å². The average molecular weight is 457 g/mol. The number of hydrogen-bond acceptors (Lipinski definition) is 6. The number of amides is 3. The summed E-state index contributed by atoms with van der Waals surface area (Å²) in [5.74, 6) is -1.09. The minimum Gasteiger partial charge on any atom is -0.489 e. The van der Waals surface area contributed by atoms with Gasteiger partial charge in [0.05, 0.1) is 29.9 Å². The number of hydrogen-bond donors (Lipinski definition) is 2. The monoisotopic (exact) mass is 457 g/mol. The molecule has 2 aromatic rings. The van der Waals surface area contributed by atoms with Gasteiger partial charge in [0, 0.05) is 24.7 Å². The molecule has 0 unspecified atom stereocenters. The van der Waals surface area contributed by atoms with E-state index < -0.39 is 17.8 Å². The van der Waals surface area contributed by atoms with Gasteiger partial charge in [-0.3, -0.25) is 19.3 Å². The largest absolute Gasteiger partial charge is 0.489 e. The first-order valence-corrected chi connectivity index (χ1v) is 10.5. The predicted octanol–water partition coefficient (Wildman–Crippen LogP) is 2.49. The molecule has 0 aliphatic carbocycles. The Labute approximate surface area is 189 Å². The van der Waals surface area contributed by atoms with Crippen molar-refractivity contribution in [2.45, 2.75) is 32.4 Å². The maximum atomic E-state index is 14.5. The van der Waals surface area contributed by atoms with Crippen LogP contribution in [0.15, 0.2) is 30.3 Å². The third kappa shape index (κ3) is 4.55. The van der Waals surface area contributed by atoms with Crippen LogP contribution in [0.2, 0.25) is 0 Å². The van der Waals surface area contributed by atoms with Gasteiger partial charge in [0.1, 0.15) is 18.1 Å². The highest BCUT2D eigenvalue weighted by Crippen LogP contribution is 2.41. The lowest BCUT2D eigenvalue weighted by Gasteiger charge is -2.37. The van der Waals surface area contributed by atoms with Crippen molar-refractivity contribution in [1.29, 1.82) is 0 Å². The molecule has 2 aliphatic heterocycles. The summed E-state index contributed by atoms with van der Waals surface area (Å²) >= 11 is 0. The first-order chi connectivity index (χ1) is 15.8. The Bertz CT molecular complexity index is 1120. The van der Waals surface area contributed by atoms with Gasteiger partial charge in [-0.2, -0.15) is 0 Å². The van der Waals surface area contributed by atoms with Gasteiger partial charge in [-0.25, -0.2) is 4.39 Å². The number of halogens is 1. The average Bonchev–Trinajstić information content (AvgIpc) is 2.78. The lowest BCUT2D eigenvalue weighted by molar-refractivity contribution is -0.121. The molecular weight excluding hydrogens is 433 g/mol. The molecule has 0 fully saturated rings. The van der Waals surface area contributed by atoms with E-state index >= 15 is 0 Å². The van der Waals surface area contributed by atoms with Crippen LogP contribution in [0.4, 0.5) is 15.8 Å². The standard InChI is InChI=1S/C23H24FN3O6/c1-12(2)33-19-9-17-20(8-15(19)24)31-10-14(7-21(28)25-3)27(17)23(30)13-4-5-18-16(6-13)26-22(29)11-32-18/h4-6,8-9,12,14H,7,10-11H2,1-3H3,(H,25,28)(H,26,29)/t14-/m0/s1. The lowest BCUT2D eigenvalue weighted by atomic mass is 10.0. The molecule has 2 heterocycles. The number of carbonyl (C=O) groups excluding carboxylic acids is 3. The molecule has 174 valence electrons. The van der Waals surface area contributed by atoms with Gasteiger partial charge in [0.25, 0.3) is 11.8 Å². The quantitative estimate of drug-likeness (QED) is 0.715. The molecule has 2 aliphatic rings. The number of rotatable bonds is 5. The Morgan fingerprint density at radius 3 is 2.76 bits per heavy atom. The van der Waals surface area contributed by atoms with Gasteiger partial charge in [-0.15, -0.1) is 0 Å². The molecule has 10 heteroatoms. The first-order valence-electron chi connectivity index (χ1n) is 10.5. The van der Waals surface area contributed by atoms with Crippen LogP contribution in [0.1, 0.15) is 30.6 Å². The van der Waals surface area contributed by atoms with Gasteiger partial charge in [-0.05, 0) is 32.0 Å². The van der Waals surface area contributed by atoms with Gasteiger partial charge in [-0.1, -0.05) is 0 Å². The Hall–Kier alpha value is -3.82. The van der Waals surface area contributed by atoms with Gasteiger partial charge in [0.2, 0.25) is 5.91 Å². The molecule has 4 rings (SSSR count). The lowest BCUT2D eigenvalue weighted by Crippen LogP contribution is -2.49. The second-order valence-electron chi connectivity index (χ2n) is 7.98. The molecule has 0 aromatic heterocycles. The Morgan fingerprint density at radius 2 is 2.03 bits per heavy atom. The van der Waals surface area contributed by atoms with Crippen LogP contribution in [0, 0.1) is 5.82 Å². The van der Waals surface area contributed by atoms with E-state index in [9.17, 15) is 18.8 Å². The minimum absolute atomic E-state index is 0.000766. The number of ether oxygens (including phenoxy) is 3. The zero-order chi connectivity index (χ0) is 23.7. The summed E-state index contributed by atoms with van der Waals surface area (Å²) in [6.07, 6.45) is -0.318. The Balaban J connectivity index is 1.77. The summed E-state index contributed by atoms with van der Waals surface area (Å²) in [5, 5.41) is 5.22. The van der Waals surface area contributed by atoms with Crippen molar-refractivity contribution >= 4 is 29.1 Å². The topological polar surface area (TPSA) is 106 Å². The summed E-state index contributed by atoms with van der Waals surface area (Å²) in [5.41, 5.74) is 0.913. The summed E-state index contributed by atoms with van der Waals surface area (Å²) in [7, 11) is 1.50. The van der Waals surface area contributed by atoms with E-state index in [1.165, 1.54) is 30.1 Å². The number of nitrogens with zero attached hydrogens (tertiary/aromatic N) is 1. The third-order valence-corrected chi connectivity index (χ3v) is 5.21. The molecule has 3 amide bonds. The van der Waals surface area contributed by atoms with E-state index in [4.69, 9.17) is 14.2 Å². The van der Waals surface area contributed by atoms with Crippen LogP contribution in [0.25, 0.3) is 0 Å². The highest BCUT2D eigenvalue weighted by atomic mass is 19.1. The summed E-state index contributed by atoms with van der Waals surface area (Å²) in [6.45, 7) is 3.42. The molecule has 2 N–H and O–H groups in total. The number of benzene rings is 2. The Kier molecular flexibility index (Phi) is 6.08. The summed E-state index contributed by atoms with van der Waals surface area (Å²) in [6, 6.07) is 6.60. The SMILES string of the molecule is CNC(=O)C[C@H]1COc2cc(F)c(OC(C)C)cc2N1C(=O)c1ccc2c(c1)NC(=O)CO2. The van der Waals surface area contributed by atoms with Crippen LogP contribution in [0.3, 0.4) is 0 Å². The van der Waals surface area contributed by atoms with Crippen LogP contribution in [-0.4, -0.2) is 50.1 Å². The highest BCUT2D eigenvalue weighted by molar-refractivity contribution is 6.09. The third-order valence-electron chi connectivity index (χ3n) is 5.21. The van der Waals surface area contributed by atoms with E-state index in [-0.39, 0.29) is 60.3 Å². The molecule has 2 aromatic carbocycles. The normalized spacial score (nSPS) is 16.7. The van der Waals surface area contributed by atoms with E-state index in [2.05, 4.69) is 10.6 Å². The molecule has 0 saturated carbocycles. The second-order valence-corrected chi connectivity index (χ2v) is 7.98. The molecule has 0 bridgehead atoms. The fourth-order valence-corrected chi connectivity index (χ4v) is 3.73. The highest BCUT2D eigenvalue weighted by Gasteiger charge is 2.36. The molecule has 0 radical (unpaired) electrons. The minimum atomic E-state index is -0.649. The molecule has 0 saturated heterocycles. The number of fused-ring (bicyclic) bond motifs is 2. The van der Waals surface area contributed by atoms with E-state index in [1.54, 1.807) is 26.0 Å². The molecule has 9 nitrogen and oxygen atoms in total. The van der Waals surface area contributed by atoms with Gasteiger partial charge in [0.15, 0.2) is 18.2 Å². The van der Waals surface area contributed by atoms with Gasteiger partial charge >= 0.3 is 0 Å². The number of carbonyl (C=O) groups is 3. The molecule has 1 atom stereocenters. The summed E-state index contributed by atoms with van der Waals surface area (Å²) < 4.78 is 31.2. The number of nitrogens with one attached hydrogen (secondary N) is 2. The zero-order valence-electron chi connectivity index (χ0n) is 18.4. The smallest absolute Gasteiger partial charge is 0.262 e. The summed E-state index contributed by atoms with van der Waals surface area (Å²) in [4.78, 5) is 38.9. The molecule has 33 heavy (non-hydrogen) atoms. The maximum absolute atomic E-state index is 14.5. The van der Waals surface area contributed by atoms with Crippen LogP contribution < -0.4 is 29.7 Å². The van der Waals surface area contributed by atoms with Crippen molar-refractivity contribution in [3.05, 3.63) is 41.7 Å². The van der Waals surface area contributed by atoms with Gasteiger partial charge < -0.3 is 24.8 Å². The van der Waals surface area contributed by atoms with E-state index in [0.29, 0.717) is 11.4 Å².